The number of anilines is 3. The van der Waals surface area contributed by atoms with E-state index in [4.69, 9.17) is 4.74 Å². The van der Waals surface area contributed by atoms with Gasteiger partial charge in [0, 0.05) is 32.0 Å². The van der Waals surface area contributed by atoms with Crippen LogP contribution in [-0.4, -0.2) is 42.3 Å². The van der Waals surface area contributed by atoms with Gasteiger partial charge in [-0.3, -0.25) is 4.90 Å². The number of para-hydroxylation sites is 1. The summed E-state index contributed by atoms with van der Waals surface area (Å²) in [6, 6.07) is 9.15. The van der Waals surface area contributed by atoms with Crippen molar-refractivity contribution in [3.8, 4) is 0 Å². The van der Waals surface area contributed by atoms with Crippen LogP contribution in [0.25, 0.3) is 0 Å². The van der Waals surface area contributed by atoms with Crippen LogP contribution in [-0.2, 0) is 4.74 Å². The molecule has 2 N–H and O–H groups in total. The molecule has 7 heteroatoms. The Morgan fingerprint density at radius 2 is 2.20 bits per heavy atom. The molecule has 2 heterocycles. The molecule has 7 nitrogen and oxygen atoms in total. The molecule has 0 radical (unpaired) electrons. The summed E-state index contributed by atoms with van der Waals surface area (Å²) in [5.74, 6) is 1.20. The molecule has 0 spiro atoms. The van der Waals surface area contributed by atoms with E-state index in [9.17, 15) is 4.79 Å². The molecule has 1 fully saturated rings. The number of aromatic nitrogens is 2. The van der Waals surface area contributed by atoms with E-state index in [0.29, 0.717) is 18.2 Å². The summed E-state index contributed by atoms with van der Waals surface area (Å²) >= 11 is 0. The first kappa shape index (κ1) is 17.2. The Labute approximate surface area is 147 Å². The van der Waals surface area contributed by atoms with E-state index in [2.05, 4.69) is 20.6 Å². The van der Waals surface area contributed by atoms with Crippen LogP contribution in [0.1, 0.15) is 18.4 Å². The van der Waals surface area contributed by atoms with Crippen LogP contribution in [0, 0.1) is 6.92 Å². The van der Waals surface area contributed by atoms with Crippen LogP contribution in [0.5, 0.6) is 0 Å². The van der Waals surface area contributed by atoms with Crippen molar-refractivity contribution in [1.29, 1.82) is 0 Å². The number of urea groups is 1. The van der Waals surface area contributed by atoms with Crippen molar-refractivity contribution in [2.24, 2.45) is 0 Å². The van der Waals surface area contributed by atoms with Gasteiger partial charge in [-0.15, -0.1) is 0 Å². The van der Waals surface area contributed by atoms with E-state index in [1.807, 2.05) is 31.2 Å². The minimum atomic E-state index is -0.252. The van der Waals surface area contributed by atoms with Crippen molar-refractivity contribution in [2.45, 2.75) is 25.9 Å². The van der Waals surface area contributed by atoms with Gasteiger partial charge in [0.05, 0.1) is 6.10 Å². The lowest BCUT2D eigenvalue weighted by Gasteiger charge is -2.18. The zero-order chi connectivity index (χ0) is 17.6. The highest BCUT2D eigenvalue weighted by Gasteiger charge is 2.16. The highest BCUT2D eigenvalue weighted by atomic mass is 16.5. The van der Waals surface area contributed by atoms with Gasteiger partial charge in [-0.1, -0.05) is 18.2 Å². The Balaban J connectivity index is 1.62. The quantitative estimate of drug-likeness (QED) is 0.874. The molecule has 25 heavy (non-hydrogen) atoms. The van der Waals surface area contributed by atoms with Gasteiger partial charge in [0.2, 0.25) is 0 Å². The molecule has 0 saturated carbocycles. The number of nitrogens with zero attached hydrogens (tertiary/aromatic N) is 3. The second-order valence-corrected chi connectivity index (χ2v) is 6.08. The lowest BCUT2D eigenvalue weighted by molar-refractivity contribution is 0.120. The first-order valence-electron chi connectivity index (χ1n) is 8.41. The normalized spacial score (nSPS) is 16.5. The smallest absolute Gasteiger partial charge is 0.327 e. The number of rotatable bonds is 5. The number of carbonyl (C=O) groups excluding carboxylic acids is 1. The summed E-state index contributed by atoms with van der Waals surface area (Å²) in [6.45, 7) is 3.48. The number of aryl methyl sites for hydroxylation is 1. The average molecular weight is 341 g/mol. The van der Waals surface area contributed by atoms with Crippen molar-refractivity contribution < 1.29 is 9.53 Å². The summed E-state index contributed by atoms with van der Waals surface area (Å²) in [7, 11) is 1.68. The number of hydrogen-bond donors (Lipinski definition) is 2. The molecule has 1 atom stereocenters. The fourth-order valence-corrected chi connectivity index (χ4v) is 2.67. The third kappa shape index (κ3) is 4.45. The molecule has 1 aromatic heterocycles. The van der Waals surface area contributed by atoms with E-state index in [1.165, 1.54) is 11.2 Å². The molecule has 1 aliphatic heterocycles. The standard InChI is InChI=1S/C18H23N5O2/c1-13-6-3-4-8-15(13)22-18(24)23(2)17-10-16(20-12-21-17)19-11-14-7-5-9-25-14/h3-4,6,8,10,12,14H,5,7,9,11H2,1-2H3,(H,22,24)(H,19,20,21). The second-order valence-electron chi connectivity index (χ2n) is 6.08. The average Bonchev–Trinajstić information content (AvgIpc) is 3.15. The Morgan fingerprint density at radius 1 is 1.36 bits per heavy atom. The Bertz CT molecular complexity index is 731. The van der Waals surface area contributed by atoms with Crippen LogP contribution in [0.4, 0.5) is 22.1 Å². The zero-order valence-corrected chi connectivity index (χ0v) is 14.5. The minimum Gasteiger partial charge on any atom is -0.376 e. The molecule has 1 saturated heterocycles. The summed E-state index contributed by atoms with van der Waals surface area (Å²) < 4.78 is 5.59. The number of nitrogens with one attached hydrogen (secondary N) is 2. The van der Waals surface area contributed by atoms with E-state index in [1.54, 1.807) is 13.1 Å². The maximum atomic E-state index is 12.5. The SMILES string of the molecule is Cc1ccccc1NC(=O)N(C)c1cc(NCC2CCCO2)ncn1. The van der Waals surface area contributed by atoms with Crippen LogP contribution in [0.2, 0.25) is 0 Å². The van der Waals surface area contributed by atoms with Crippen LogP contribution < -0.4 is 15.5 Å². The monoisotopic (exact) mass is 341 g/mol. The largest absolute Gasteiger partial charge is 0.376 e. The van der Waals surface area contributed by atoms with E-state index in [-0.39, 0.29) is 12.1 Å². The van der Waals surface area contributed by atoms with E-state index >= 15 is 0 Å². The Hall–Kier alpha value is -2.67. The van der Waals surface area contributed by atoms with E-state index < -0.39 is 0 Å². The summed E-state index contributed by atoms with van der Waals surface area (Å²) in [5, 5.41) is 6.14. The van der Waals surface area contributed by atoms with Gasteiger partial charge in [0.15, 0.2) is 0 Å². The number of hydrogen-bond acceptors (Lipinski definition) is 5. The van der Waals surface area contributed by atoms with Gasteiger partial charge < -0.3 is 15.4 Å². The molecule has 132 valence electrons. The predicted molar refractivity (Wildman–Crippen MR) is 98.1 cm³/mol. The van der Waals surface area contributed by atoms with Gasteiger partial charge in [0.1, 0.15) is 18.0 Å². The molecule has 3 rings (SSSR count). The highest BCUT2D eigenvalue weighted by Crippen LogP contribution is 2.18. The van der Waals surface area contributed by atoms with Gasteiger partial charge in [-0.25, -0.2) is 14.8 Å². The maximum Gasteiger partial charge on any atom is 0.327 e. The van der Waals surface area contributed by atoms with E-state index in [0.717, 1.165) is 30.7 Å². The lowest BCUT2D eigenvalue weighted by Crippen LogP contribution is -2.32. The first-order valence-corrected chi connectivity index (χ1v) is 8.41. The number of amides is 2. The van der Waals surface area contributed by atoms with Gasteiger partial charge >= 0.3 is 6.03 Å². The maximum absolute atomic E-state index is 12.5. The summed E-state index contributed by atoms with van der Waals surface area (Å²) in [5.41, 5.74) is 1.79. The molecular formula is C18H23N5O2. The van der Waals surface area contributed by atoms with Crippen LogP contribution >= 0.6 is 0 Å². The Morgan fingerprint density at radius 3 is 2.96 bits per heavy atom. The number of ether oxygens (including phenoxy) is 1. The minimum absolute atomic E-state index is 0.223. The van der Waals surface area contributed by atoms with Crippen molar-refractivity contribution in [3.05, 3.63) is 42.2 Å². The van der Waals surface area contributed by atoms with Crippen molar-refractivity contribution in [1.82, 2.24) is 9.97 Å². The fraction of sp³-hybridized carbons (Fsp3) is 0.389. The zero-order valence-electron chi connectivity index (χ0n) is 14.5. The molecule has 1 aromatic carbocycles. The molecule has 2 amide bonds. The molecule has 1 aliphatic rings. The van der Waals surface area contributed by atoms with Crippen molar-refractivity contribution >= 4 is 23.4 Å². The van der Waals surface area contributed by atoms with Crippen LogP contribution in [0.15, 0.2) is 36.7 Å². The molecule has 0 aliphatic carbocycles. The third-order valence-corrected chi connectivity index (χ3v) is 4.22. The predicted octanol–water partition coefficient (Wildman–Crippen LogP) is 3.04. The lowest BCUT2D eigenvalue weighted by atomic mass is 10.2. The van der Waals surface area contributed by atoms with Crippen molar-refractivity contribution in [3.63, 3.8) is 0 Å². The summed E-state index contributed by atoms with van der Waals surface area (Å²) in [4.78, 5) is 22.3. The highest BCUT2D eigenvalue weighted by molar-refractivity contribution is 6.01. The van der Waals surface area contributed by atoms with Crippen molar-refractivity contribution in [2.75, 3.05) is 35.7 Å². The first-order chi connectivity index (χ1) is 12.1. The molecular weight excluding hydrogens is 318 g/mol. The fourth-order valence-electron chi connectivity index (χ4n) is 2.67. The molecule has 0 bridgehead atoms. The molecule has 2 aromatic rings. The number of carbonyl (C=O) groups is 1. The number of benzene rings is 1. The van der Waals surface area contributed by atoms with Gasteiger partial charge in [-0.2, -0.15) is 0 Å². The molecule has 1 unspecified atom stereocenters. The van der Waals surface area contributed by atoms with Gasteiger partial charge in [0.25, 0.3) is 0 Å². The summed E-state index contributed by atoms with van der Waals surface area (Å²) in [6.07, 6.45) is 3.83. The van der Waals surface area contributed by atoms with Gasteiger partial charge in [-0.05, 0) is 31.4 Å². The topological polar surface area (TPSA) is 79.4 Å². The third-order valence-electron chi connectivity index (χ3n) is 4.22. The Kier molecular flexibility index (Phi) is 5.45. The van der Waals surface area contributed by atoms with Crippen LogP contribution in [0.3, 0.4) is 0 Å². The second kappa shape index (κ2) is 7.94.